The number of anilines is 1. The number of hydrogen-bond donors (Lipinski definition) is 1. The molecular weight excluding hydrogens is 192 g/mol. The maximum atomic E-state index is 4.41. The molecule has 0 spiro atoms. The zero-order valence-electron chi connectivity index (χ0n) is 8.49. The van der Waals surface area contributed by atoms with E-state index in [1.165, 1.54) is 18.6 Å². The van der Waals surface area contributed by atoms with Crippen LogP contribution in [0, 0.1) is 6.92 Å². The first-order valence-electron chi connectivity index (χ1n) is 5.14. The van der Waals surface area contributed by atoms with Gasteiger partial charge >= 0.3 is 0 Å². The van der Waals surface area contributed by atoms with Crippen LogP contribution in [0.15, 0.2) is 18.2 Å². The second kappa shape index (κ2) is 4.69. The summed E-state index contributed by atoms with van der Waals surface area (Å²) < 4.78 is 0. The van der Waals surface area contributed by atoms with Crippen molar-refractivity contribution in [2.24, 2.45) is 0 Å². The molecule has 1 unspecified atom stereocenters. The van der Waals surface area contributed by atoms with Crippen LogP contribution in [0.2, 0.25) is 0 Å². The molecule has 0 saturated carbocycles. The van der Waals surface area contributed by atoms with Gasteiger partial charge in [0, 0.05) is 17.5 Å². The number of thioether (sulfide) groups is 1. The molecule has 0 bridgehead atoms. The maximum absolute atomic E-state index is 4.41. The Morgan fingerprint density at radius 3 is 3.21 bits per heavy atom. The van der Waals surface area contributed by atoms with Gasteiger partial charge in [-0.2, -0.15) is 11.8 Å². The lowest BCUT2D eigenvalue weighted by atomic mass is 10.2. The first kappa shape index (κ1) is 9.84. The molecule has 3 heteroatoms. The minimum Gasteiger partial charge on any atom is -0.369 e. The van der Waals surface area contributed by atoms with Crippen LogP contribution in [0.1, 0.15) is 18.5 Å². The van der Waals surface area contributed by atoms with Crippen molar-refractivity contribution in [3.8, 4) is 0 Å². The molecule has 1 aliphatic rings. The molecule has 76 valence electrons. The predicted octanol–water partition coefficient (Wildman–Crippen LogP) is 2.70. The van der Waals surface area contributed by atoms with E-state index in [1.54, 1.807) is 0 Å². The standard InChI is InChI=1S/C11H16N2S/c1-9-4-2-6-11(13-9)12-8-10-5-3-7-14-10/h2,4,6,10H,3,5,7-8H2,1H3,(H,12,13). The Morgan fingerprint density at radius 2 is 2.50 bits per heavy atom. The van der Waals surface area contributed by atoms with Crippen molar-refractivity contribution in [3.05, 3.63) is 23.9 Å². The molecule has 2 rings (SSSR count). The van der Waals surface area contributed by atoms with Crippen LogP contribution in [-0.2, 0) is 0 Å². The van der Waals surface area contributed by atoms with Crippen LogP contribution < -0.4 is 5.32 Å². The van der Waals surface area contributed by atoms with Gasteiger partial charge in [0.25, 0.3) is 0 Å². The average Bonchev–Trinajstić information content (AvgIpc) is 2.67. The van der Waals surface area contributed by atoms with Gasteiger partial charge in [-0.05, 0) is 37.7 Å². The molecule has 1 fully saturated rings. The van der Waals surface area contributed by atoms with Gasteiger partial charge in [-0.1, -0.05) is 6.07 Å². The van der Waals surface area contributed by atoms with Crippen molar-refractivity contribution < 1.29 is 0 Å². The van der Waals surface area contributed by atoms with Crippen molar-refractivity contribution in [2.75, 3.05) is 17.6 Å². The summed E-state index contributed by atoms with van der Waals surface area (Å²) in [6.45, 7) is 3.08. The van der Waals surface area contributed by atoms with E-state index in [2.05, 4.69) is 22.1 Å². The largest absolute Gasteiger partial charge is 0.369 e. The monoisotopic (exact) mass is 208 g/mol. The summed E-state index contributed by atoms with van der Waals surface area (Å²) in [6.07, 6.45) is 2.72. The van der Waals surface area contributed by atoms with E-state index < -0.39 is 0 Å². The highest BCUT2D eigenvalue weighted by Gasteiger charge is 2.14. The quantitative estimate of drug-likeness (QED) is 0.826. The van der Waals surface area contributed by atoms with Gasteiger partial charge in [0.05, 0.1) is 0 Å². The van der Waals surface area contributed by atoms with Crippen molar-refractivity contribution in [1.82, 2.24) is 4.98 Å². The zero-order chi connectivity index (χ0) is 9.80. The second-order valence-electron chi connectivity index (χ2n) is 3.68. The van der Waals surface area contributed by atoms with E-state index in [0.717, 1.165) is 23.3 Å². The summed E-state index contributed by atoms with van der Waals surface area (Å²) >= 11 is 2.08. The fourth-order valence-corrected chi connectivity index (χ4v) is 2.87. The molecule has 1 atom stereocenters. The average molecular weight is 208 g/mol. The fraction of sp³-hybridized carbons (Fsp3) is 0.545. The first-order chi connectivity index (χ1) is 6.84. The third-order valence-electron chi connectivity index (χ3n) is 2.42. The molecule has 2 nitrogen and oxygen atoms in total. The number of rotatable bonds is 3. The molecule has 14 heavy (non-hydrogen) atoms. The second-order valence-corrected chi connectivity index (χ2v) is 5.09. The topological polar surface area (TPSA) is 24.9 Å². The van der Waals surface area contributed by atoms with Crippen LogP contribution in [0.5, 0.6) is 0 Å². The highest BCUT2D eigenvalue weighted by molar-refractivity contribution is 8.00. The molecule has 1 aromatic rings. The lowest BCUT2D eigenvalue weighted by molar-refractivity contribution is 0.803. The molecule has 2 heterocycles. The molecule has 1 N–H and O–H groups in total. The lowest BCUT2D eigenvalue weighted by Gasteiger charge is -2.10. The van der Waals surface area contributed by atoms with Gasteiger partial charge in [0.1, 0.15) is 5.82 Å². The molecular formula is C11H16N2S. The van der Waals surface area contributed by atoms with Gasteiger partial charge < -0.3 is 5.32 Å². The van der Waals surface area contributed by atoms with Gasteiger partial charge in [-0.25, -0.2) is 4.98 Å². The molecule has 0 aromatic carbocycles. The van der Waals surface area contributed by atoms with Gasteiger partial charge in [-0.15, -0.1) is 0 Å². The Labute approximate surface area is 89.5 Å². The van der Waals surface area contributed by atoms with Gasteiger partial charge in [0.15, 0.2) is 0 Å². The van der Waals surface area contributed by atoms with Crippen molar-refractivity contribution in [1.29, 1.82) is 0 Å². The Hall–Kier alpha value is -0.700. The third-order valence-corrected chi connectivity index (χ3v) is 3.82. The van der Waals surface area contributed by atoms with E-state index in [0.29, 0.717) is 0 Å². The van der Waals surface area contributed by atoms with Crippen LogP contribution in [-0.4, -0.2) is 22.5 Å². The Bertz CT molecular complexity index is 295. The Kier molecular flexibility index (Phi) is 3.30. The summed E-state index contributed by atoms with van der Waals surface area (Å²) in [7, 11) is 0. The first-order valence-corrected chi connectivity index (χ1v) is 6.18. The molecule has 1 aliphatic heterocycles. The van der Waals surface area contributed by atoms with E-state index in [-0.39, 0.29) is 0 Å². The highest BCUT2D eigenvalue weighted by atomic mass is 32.2. The fourth-order valence-electron chi connectivity index (χ4n) is 1.67. The van der Waals surface area contributed by atoms with E-state index in [9.17, 15) is 0 Å². The molecule has 1 saturated heterocycles. The van der Waals surface area contributed by atoms with Gasteiger partial charge in [-0.3, -0.25) is 0 Å². The van der Waals surface area contributed by atoms with E-state index in [4.69, 9.17) is 0 Å². The van der Waals surface area contributed by atoms with Gasteiger partial charge in [0.2, 0.25) is 0 Å². The SMILES string of the molecule is Cc1cccc(NCC2CCCS2)n1. The summed E-state index contributed by atoms with van der Waals surface area (Å²) in [5, 5.41) is 4.18. The normalized spacial score (nSPS) is 21.1. The zero-order valence-corrected chi connectivity index (χ0v) is 9.31. The maximum Gasteiger partial charge on any atom is 0.126 e. The molecule has 0 aliphatic carbocycles. The molecule has 1 aromatic heterocycles. The predicted molar refractivity (Wildman–Crippen MR) is 62.9 cm³/mol. The van der Waals surface area contributed by atoms with Crippen molar-refractivity contribution >= 4 is 17.6 Å². The third kappa shape index (κ3) is 2.64. The smallest absolute Gasteiger partial charge is 0.126 e. The van der Waals surface area contributed by atoms with Crippen molar-refractivity contribution in [2.45, 2.75) is 25.0 Å². The van der Waals surface area contributed by atoms with Crippen LogP contribution in [0.4, 0.5) is 5.82 Å². The number of aryl methyl sites for hydroxylation is 1. The van der Waals surface area contributed by atoms with E-state index >= 15 is 0 Å². The molecule has 0 radical (unpaired) electrons. The number of aromatic nitrogens is 1. The minimum atomic E-state index is 0.789. The molecule has 0 amide bonds. The number of pyridine rings is 1. The summed E-state index contributed by atoms with van der Waals surface area (Å²) in [6, 6.07) is 6.11. The summed E-state index contributed by atoms with van der Waals surface area (Å²) in [5.74, 6) is 2.34. The van der Waals surface area contributed by atoms with Crippen molar-refractivity contribution in [3.63, 3.8) is 0 Å². The summed E-state index contributed by atoms with van der Waals surface area (Å²) in [4.78, 5) is 4.41. The van der Waals surface area contributed by atoms with Crippen LogP contribution in [0.3, 0.4) is 0 Å². The van der Waals surface area contributed by atoms with Crippen LogP contribution in [0.25, 0.3) is 0 Å². The van der Waals surface area contributed by atoms with Crippen LogP contribution >= 0.6 is 11.8 Å². The lowest BCUT2D eigenvalue weighted by Crippen LogP contribution is -2.14. The Morgan fingerprint density at radius 1 is 1.57 bits per heavy atom. The number of nitrogens with zero attached hydrogens (tertiary/aromatic N) is 1. The highest BCUT2D eigenvalue weighted by Crippen LogP contribution is 2.25. The summed E-state index contributed by atoms with van der Waals surface area (Å²) in [5.41, 5.74) is 1.08. The number of nitrogens with one attached hydrogen (secondary N) is 1. The minimum absolute atomic E-state index is 0.789. The van der Waals surface area contributed by atoms with E-state index in [1.807, 2.05) is 25.1 Å². The Balaban J connectivity index is 1.85. The number of hydrogen-bond acceptors (Lipinski definition) is 3.